The van der Waals surface area contributed by atoms with E-state index in [1.165, 1.54) is 12.1 Å². The highest BCUT2D eigenvalue weighted by atomic mass is 35.5. The molecule has 5 heteroatoms. The van der Waals surface area contributed by atoms with Crippen molar-refractivity contribution in [3.05, 3.63) is 23.1 Å². The van der Waals surface area contributed by atoms with Crippen LogP contribution in [0, 0.1) is 0 Å². The molecule has 0 unspecified atom stereocenters. The highest BCUT2D eigenvalue weighted by Crippen LogP contribution is 2.13. The number of Topliss-reactive ketones (excluding diaryl/α,β-unsaturated/α-hetero) is 1. The zero-order chi connectivity index (χ0) is 8.43. The molecular formula is C6H3ClO4. The molecule has 58 valence electrons. The zero-order valence-electron chi connectivity index (χ0n) is 5.20. The van der Waals surface area contributed by atoms with Gasteiger partial charge < -0.3 is 9.52 Å². The van der Waals surface area contributed by atoms with E-state index in [4.69, 9.17) is 16.7 Å². The summed E-state index contributed by atoms with van der Waals surface area (Å²) in [4.78, 5) is 20.7. The van der Waals surface area contributed by atoms with Gasteiger partial charge in [-0.3, -0.25) is 4.79 Å². The highest BCUT2D eigenvalue weighted by Gasteiger charge is 2.17. The van der Waals surface area contributed by atoms with Crippen LogP contribution in [0.3, 0.4) is 0 Å². The third-order valence-corrected chi connectivity index (χ3v) is 1.19. The third-order valence-electron chi connectivity index (χ3n) is 0.991. The monoisotopic (exact) mass is 174 g/mol. The number of carboxylic acids is 1. The second-order valence-electron chi connectivity index (χ2n) is 1.74. The van der Waals surface area contributed by atoms with Gasteiger partial charge in [0.2, 0.25) is 0 Å². The van der Waals surface area contributed by atoms with E-state index in [0.29, 0.717) is 0 Å². The number of halogens is 1. The van der Waals surface area contributed by atoms with Crippen molar-refractivity contribution in [3.8, 4) is 0 Å². The molecule has 1 rings (SSSR count). The normalized spacial score (nSPS) is 9.55. The molecule has 4 nitrogen and oxygen atoms in total. The van der Waals surface area contributed by atoms with Gasteiger partial charge in [0.05, 0.1) is 0 Å². The number of hydrogen-bond acceptors (Lipinski definition) is 3. The minimum absolute atomic E-state index is 0.00500. The zero-order valence-corrected chi connectivity index (χ0v) is 5.96. The molecule has 1 aromatic heterocycles. The van der Waals surface area contributed by atoms with E-state index in [2.05, 4.69) is 4.42 Å². The van der Waals surface area contributed by atoms with E-state index in [1.807, 2.05) is 0 Å². The summed E-state index contributed by atoms with van der Waals surface area (Å²) in [7, 11) is 0. The molecule has 0 saturated carbocycles. The molecule has 11 heavy (non-hydrogen) atoms. The van der Waals surface area contributed by atoms with Crippen molar-refractivity contribution in [2.24, 2.45) is 0 Å². The Morgan fingerprint density at radius 2 is 2.09 bits per heavy atom. The highest BCUT2D eigenvalue weighted by molar-refractivity contribution is 6.39. The fraction of sp³-hybridized carbons (Fsp3) is 0. The van der Waals surface area contributed by atoms with Crippen LogP contribution in [0.4, 0.5) is 0 Å². The van der Waals surface area contributed by atoms with Crippen molar-refractivity contribution in [3.63, 3.8) is 0 Å². The maximum atomic E-state index is 10.6. The smallest absolute Gasteiger partial charge is 0.380 e. The Morgan fingerprint density at radius 1 is 1.45 bits per heavy atom. The molecule has 0 aliphatic rings. The first-order valence-electron chi connectivity index (χ1n) is 2.64. The van der Waals surface area contributed by atoms with Crippen molar-refractivity contribution in [1.29, 1.82) is 0 Å². The van der Waals surface area contributed by atoms with Gasteiger partial charge in [-0.1, -0.05) is 0 Å². The molecule has 0 saturated heterocycles. The summed E-state index contributed by atoms with van der Waals surface area (Å²) in [5.41, 5.74) is 0. The summed E-state index contributed by atoms with van der Waals surface area (Å²) in [6.07, 6.45) is 0. The van der Waals surface area contributed by atoms with Crippen molar-refractivity contribution in [2.75, 3.05) is 0 Å². The van der Waals surface area contributed by atoms with Crippen LogP contribution in [0.15, 0.2) is 16.5 Å². The molecule has 0 aromatic carbocycles. The van der Waals surface area contributed by atoms with Crippen molar-refractivity contribution < 1.29 is 19.1 Å². The summed E-state index contributed by atoms with van der Waals surface area (Å²) < 4.78 is 4.54. The fourth-order valence-electron chi connectivity index (χ4n) is 0.542. The number of hydrogen-bond donors (Lipinski definition) is 1. The van der Waals surface area contributed by atoms with E-state index in [-0.39, 0.29) is 11.0 Å². The molecule has 0 atom stereocenters. The molecule has 1 heterocycles. The molecule has 0 aliphatic heterocycles. The number of ketones is 1. The van der Waals surface area contributed by atoms with E-state index < -0.39 is 11.8 Å². The summed E-state index contributed by atoms with van der Waals surface area (Å²) >= 11 is 5.30. The summed E-state index contributed by atoms with van der Waals surface area (Å²) in [6, 6.07) is 2.51. The minimum Gasteiger partial charge on any atom is -0.475 e. The summed E-state index contributed by atoms with van der Waals surface area (Å²) in [5, 5.41) is 8.19. The van der Waals surface area contributed by atoms with E-state index in [9.17, 15) is 9.59 Å². The van der Waals surface area contributed by atoms with Crippen LogP contribution in [0.2, 0.25) is 5.22 Å². The predicted octanol–water partition coefficient (Wildman–Crippen LogP) is 1.20. The predicted molar refractivity (Wildman–Crippen MR) is 35.7 cm³/mol. The molecular weight excluding hydrogens is 172 g/mol. The lowest BCUT2D eigenvalue weighted by Crippen LogP contribution is -2.11. The number of rotatable bonds is 2. The van der Waals surface area contributed by atoms with Gasteiger partial charge in [0.15, 0.2) is 11.0 Å². The largest absolute Gasteiger partial charge is 0.475 e. The fourth-order valence-corrected chi connectivity index (χ4v) is 0.688. The SMILES string of the molecule is O=C(O)C(=O)c1ccc(Cl)o1. The summed E-state index contributed by atoms with van der Waals surface area (Å²) in [6.45, 7) is 0. The molecule has 0 spiro atoms. The van der Waals surface area contributed by atoms with Gasteiger partial charge in [-0.25, -0.2) is 4.79 Å². The molecule has 0 fully saturated rings. The Morgan fingerprint density at radius 3 is 2.45 bits per heavy atom. The second kappa shape index (κ2) is 2.75. The lowest BCUT2D eigenvalue weighted by molar-refractivity contribution is -0.131. The topological polar surface area (TPSA) is 67.5 Å². The van der Waals surface area contributed by atoms with E-state index >= 15 is 0 Å². The Balaban J connectivity index is 2.94. The van der Waals surface area contributed by atoms with Crippen LogP contribution in [0.25, 0.3) is 0 Å². The van der Waals surface area contributed by atoms with Gasteiger partial charge >= 0.3 is 11.8 Å². The van der Waals surface area contributed by atoms with Gasteiger partial charge in [-0.05, 0) is 23.7 Å². The van der Waals surface area contributed by atoms with Gasteiger partial charge in [0.1, 0.15) is 0 Å². The van der Waals surface area contributed by atoms with Crippen molar-refractivity contribution in [1.82, 2.24) is 0 Å². The van der Waals surface area contributed by atoms with Crippen LogP contribution >= 0.6 is 11.6 Å². The standard InChI is InChI=1S/C6H3ClO4/c7-4-2-1-3(11-4)5(8)6(9)10/h1-2H,(H,9,10). The van der Waals surface area contributed by atoms with Gasteiger partial charge in [0, 0.05) is 0 Å². The maximum absolute atomic E-state index is 10.6. The lowest BCUT2D eigenvalue weighted by Gasteiger charge is -1.85. The summed E-state index contributed by atoms with van der Waals surface area (Å²) in [5.74, 6) is -2.92. The Labute approximate surface area is 66.4 Å². The maximum Gasteiger partial charge on any atom is 0.380 e. The molecule has 1 aromatic rings. The first-order valence-corrected chi connectivity index (χ1v) is 3.02. The molecule has 0 aliphatic carbocycles. The van der Waals surface area contributed by atoms with Crippen LogP contribution in [-0.4, -0.2) is 16.9 Å². The number of carbonyl (C=O) groups excluding carboxylic acids is 1. The average Bonchev–Trinajstić information content (AvgIpc) is 2.34. The first kappa shape index (κ1) is 7.81. The van der Waals surface area contributed by atoms with Crippen molar-refractivity contribution in [2.45, 2.75) is 0 Å². The van der Waals surface area contributed by atoms with Crippen LogP contribution < -0.4 is 0 Å². The van der Waals surface area contributed by atoms with Crippen molar-refractivity contribution >= 4 is 23.4 Å². The minimum atomic E-state index is -1.56. The van der Waals surface area contributed by atoms with Gasteiger partial charge in [-0.15, -0.1) is 0 Å². The molecule has 0 radical (unpaired) electrons. The Kier molecular flexibility index (Phi) is 1.96. The quantitative estimate of drug-likeness (QED) is 0.540. The van der Waals surface area contributed by atoms with Gasteiger partial charge in [-0.2, -0.15) is 0 Å². The van der Waals surface area contributed by atoms with E-state index in [1.54, 1.807) is 0 Å². The lowest BCUT2D eigenvalue weighted by atomic mass is 10.3. The first-order chi connectivity index (χ1) is 5.11. The molecule has 0 amide bonds. The Hall–Kier alpha value is -1.29. The van der Waals surface area contributed by atoms with Gasteiger partial charge in [0.25, 0.3) is 0 Å². The number of carbonyl (C=O) groups is 2. The van der Waals surface area contributed by atoms with Crippen LogP contribution in [-0.2, 0) is 4.79 Å². The number of furan rings is 1. The second-order valence-corrected chi connectivity index (χ2v) is 2.11. The Bertz CT molecular complexity index is 301. The third kappa shape index (κ3) is 1.59. The van der Waals surface area contributed by atoms with Crippen LogP contribution in [0.5, 0.6) is 0 Å². The molecule has 0 bridgehead atoms. The van der Waals surface area contributed by atoms with Crippen LogP contribution in [0.1, 0.15) is 10.6 Å². The average molecular weight is 175 g/mol. The number of aliphatic carboxylic acids is 1. The van der Waals surface area contributed by atoms with E-state index in [0.717, 1.165) is 0 Å². The molecule has 1 N–H and O–H groups in total. The number of carboxylic acid groups (broad SMARTS) is 1.